The second kappa shape index (κ2) is 4.61. The lowest BCUT2D eigenvalue weighted by Crippen LogP contribution is -2.30. The van der Waals surface area contributed by atoms with E-state index in [2.05, 4.69) is 15.0 Å². The summed E-state index contributed by atoms with van der Waals surface area (Å²) in [7, 11) is 0. The molecular weight excluding hydrogens is 192 g/mol. The van der Waals surface area contributed by atoms with Crippen LogP contribution < -0.4 is 10.6 Å². The summed E-state index contributed by atoms with van der Waals surface area (Å²) in [5.41, 5.74) is 5.67. The molecule has 0 saturated carbocycles. The van der Waals surface area contributed by atoms with E-state index in [4.69, 9.17) is 10.3 Å². The highest BCUT2D eigenvalue weighted by molar-refractivity contribution is 5.28. The molecule has 1 aromatic heterocycles. The van der Waals surface area contributed by atoms with Crippen LogP contribution in [0.25, 0.3) is 0 Å². The number of nitrogens with zero attached hydrogens (tertiary/aromatic N) is 3. The van der Waals surface area contributed by atoms with Gasteiger partial charge in [-0.1, -0.05) is 0 Å². The zero-order chi connectivity index (χ0) is 10.7. The molecule has 0 radical (unpaired) electrons. The first kappa shape index (κ1) is 10.4. The average Bonchev–Trinajstić information content (AvgIpc) is 2.67. The quantitative estimate of drug-likeness (QED) is 0.804. The van der Waals surface area contributed by atoms with Crippen LogP contribution in [0.4, 0.5) is 5.95 Å². The molecule has 5 heteroatoms. The van der Waals surface area contributed by atoms with Gasteiger partial charge in [-0.3, -0.25) is 0 Å². The Morgan fingerprint density at radius 2 is 2.13 bits per heavy atom. The standard InChI is InChI=1S/C10H18N4O/c1-8(11)7-9-12-10(13-15-9)14-5-3-2-4-6-14/h8H,2-7,11H2,1H3. The van der Waals surface area contributed by atoms with Crippen molar-refractivity contribution < 1.29 is 4.52 Å². The van der Waals surface area contributed by atoms with E-state index in [1.807, 2.05) is 6.92 Å². The van der Waals surface area contributed by atoms with Crippen molar-refractivity contribution in [3.63, 3.8) is 0 Å². The molecule has 1 aliphatic heterocycles. The highest BCUT2D eigenvalue weighted by Gasteiger charge is 2.16. The Morgan fingerprint density at radius 1 is 1.40 bits per heavy atom. The van der Waals surface area contributed by atoms with Crippen molar-refractivity contribution >= 4 is 5.95 Å². The molecule has 1 saturated heterocycles. The van der Waals surface area contributed by atoms with E-state index in [0.717, 1.165) is 19.0 Å². The molecule has 0 aromatic carbocycles. The van der Waals surface area contributed by atoms with Gasteiger partial charge in [-0.25, -0.2) is 0 Å². The first-order valence-electron chi connectivity index (χ1n) is 5.59. The van der Waals surface area contributed by atoms with Crippen molar-refractivity contribution in [2.24, 2.45) is 5.73 Å². The second-order valence-corrected chi connectivity index (χ2v) is 4.22. The van der Waals surface area contributed by atoms with Crippen LogP contribution in [0.15, 0.2) is 4.52 Å². The van der Waals surface area contributed by atoms with Crippen molar-refractivity contribution in [3.05, 3.63) is 5.89 Å². The van der Waals surface area contributed by atoms with Gasteiger partial charge < -0.3 is 15.2 Å². The lowest BCUT2D eigenvalue weighted by atomic mass is 10.1. The summed E-state index contributed by atoms with van der Waals surface area (Å²) in [4.78, 5) is 6.52. The summed E-state index contributed by atoms with van der Waals surface area (Å²) in [5.74, 6) is 1.37. The maximum Gasteiger partial charge on any atom is 0.266 e. The summed E-state index contributed by atoms with van der Waals surface area (Å²) in [5, 5.41) is 3.98. The minimum absolute atomic E-state index is 0.0691. The number of nitrogens with two attached hydrogens (primary N) is 1. The fourth-order valence-electron chi connectivity index (χ4n) is 1.83. The minimum Gasteiger partial charge on any atom is -0.338 e. The van der Waals surface area contributed by atoms with Crippen LogP contribution in [-0.2, 0) is 6.42 Å². The Bertz CT molecular complexity index is 304. The highest BCUT2D eigenvalue weighted by atomic mass is 16.5. The summed E-state index contributed by atoms with van der Waals surface area (Å²) < 4.78 is 5.15. The lowest BCUT2D eigenvalue weighted by molar-refractivity contribution is 0.369. The SMILES string of the molecule is CC(N)Cc1nc(N2CCCCC2)no1. The van der Waals surface area contributed by atoms with Gasteiger partial charge in [-0.05, 0) is 31.3 Å². The molecule has 5 nitrogen and oxygen atoms in total. The van der Waals surface area contributed by atoms with Crippen molar-refractivity contribution in [1.82, 2.24) is 10.1 Å². The third-order valence-electron chi connectivity index (χ3n) is 2.59. The van der Waals surface area contributed by atoms with Gasteiger partial charge >= 0.3 is 0 Å². The van der Waals surface area contributed by atoms with Gasteiger partial charge in [0, 0.05) is 25.6 Å². The zero-order valence-corrected chi connectivity index (χ0v) is 9.15. The summed E-state index contributed by atoms with van der Waals surface area (Å²) >= 11 is 0. The third-order valence-corrected chi connectivity index (χ3v) is 2.59. The van der Waals surface area contributed by atoms with E-state index in [0.29, 0.717) is 12.3 Å². The molecule has 2 rings (SSSR count). The fourth-order valence-corrected chi connectivity index (χ4v) is 1.83. The average molecular weight is 210 g/mol. The lowest BCUT2D eigenvalue weighted by Gasteiger charge is -2.24. The van der Waals surface area contributed by atoms with Gasteiger partial charge in [-0.2, -0.15) is 4.98 Å². The van der Waals surface area contributed by atoms with Crippen LogP contribution in [0.2, 0.25) is 0 Å². The van der Waals surface area contributed by atoms with Crippen molar-refractivity contribution in [2.45, 2.75) is 38.6 Å². The van der Waals surface area contributed by atoms with E-state index in [1.54, 1.807) is 0 Å². The maximum absolute atomic E-state index is 5.67. The van der Waals surface area contributed by atoms with Crippen molar-refractivity contribution in [3.8, 4) is 0 Å². The predicted octanol–water partition coefficient (Wildman–Crippen LogP) is 0.950. The van der Waals surface area contributed by atoms with E-state index in [9.17, 15) is 0 Å². The molecule has 1 aliphatic rings. The molecule has 1 unspecified atom stereocenters. The number of hydrogen-bond donors (Lipinski definition) is 1. The molecule has 1 fully saturated rings. The Kier molecular flexibility index (Phi) is 3.20. The molecule has 0 bridgehead atoms. The Balaban J connectivity index is 1.99. The molecule has 0 spiro atoms. The first-order chi connectivity index (χ1) is 7.25. The van der Waals surface area contributed by atoms with Crippen LogP contribution in [0.1, 0.15) is 32.1 Å². The van der Waals surface area contributed by atoms with Gasteiger partial charge in [0.2, 0.25) is 5.89 Å². The topological polar surface area (TPSA) is 68.2 Å². The second-order valence-electron chi connectivity index (χ2n) is 4.22. The molecule has 2 heterocycles. The monoisotopic (exact) mass is 210 g/mol. The summed E-state index contributed by atoms with van der Waals surface area (Å²) in [6.45, 7) is 4.01. The largest absolute Gasteiger partial charge is 0.338 e. The van der Waals surface area contributed by atoms with Crippen LogP contribution in [-0.4, -0.2) is 29.3 Å². The van der Waals surface area contributed by atoms with Gasteiger partial charge in [-0.15, -0.1) is 0 Å². The normalized spacial score (nSPS) is 19.2. The molecule has 2 N–H and O–H groups in total. The van der Waals surface area contributed by atoms with Gasteiger partial charge in [0.15, 0.2) is 0 Å². The van der Waals surface area contributed by atoms with Gasteiger partial charge in [0.1, 0.15) is 0 Å². The molecule has 1 aromatic rings. The summed E-state index contributed by atoms with van der Waals surface area (Å²) in [6.07, 6.45) is 4.40. The Morgan fingerprint density at radius 3 is 2.80 bits per heavy atom. The molecule has 0 aliphatic carbocycles. The Labute approximate surface area is 89.6 Å². The molecule has 15 heavy (non-hydrogen) atoms. The van der Waals surface area contributed by atoms with Crippen molar-refractivity contribution in [1.29, 1.82) is 0 Å². The fraction of sp³-hybridized carbons (Fsp3) is 0.800. The van der Waals surface area contributed by atoms with Crippen LogP contribution in [0.5, 0.6) is 0 Å². The van der Waals surface area contributed by atoms with Gasteiger partial charge in [0.05, 0.1) is 0 Å². The van der Waals surface area contributed by atoms with E-state index in [-0.39, 0.29) is 6.04 Å². The minimum atomic E-state index is 0.0691. The predicted molar refractivity (Wildman–Crippen MR) is 57.7 cm³/mol. The van der Waals surface area contributed by atoms with E-state index in [1.165, 1.54) is 19.3 Å². The number of hydrogen-bond acceptors (Lipinski definition) is 5. The van der Waals surface area contributed by atoms with Crippen molar-refractivity contribution in [2.75, 3.05) is 18.0 Å². The number of aromatic nitrogens is 2. The van der Waals surface area contributed by atoms with Gasteiger partial charge in [0.25, 0.3) is 5.95 Å². The van der Waals surface area contributed by atoms with Crippen LogP contribution in [0, 0.1) is 0 Å². The maximum atomic E-state index is 5.67. The van der Waals surface area contributed by atoms with E-state index >= 15 is 0 Å². The van der Waals surface area contributed by atoms with Crippen LogP contribution in [0.3, 0.4) is 0 Å². The third kappa shape index (κ3) is 2.68. The smallest absolute Gasteiger partial charge is 0.266 e. The molecule has 0 amide bonds. The summed E-state index contributed by atoms with van der Waals surface area (Å²) in [6, 6.07) is 0.0691. The first-order valence-corrected chi connectivity index (χ1v) is 5.59. The number of piperidine rings is 1. The van der Waals surface area contributed by atoms with E-state index < -0.39 is 0 Å². The Hall–Kier alpha value is -1.10. The molecule has 84 valence electrons. The highest BCUT2D eigenvalue weighted by Crippen LogP contribution is 2.16. The zero-order valence-electron chi connectivity index (χ0n) is 9.15. The number of rotatable bonds is 3. The molecular formula is C10H18N4O. The number of anilines is 1. The molecule has 1 atom stereocenters. The van der Waals surface area contributed by atoms with Crippen LogP contribution >= 0.6 is 0 Å².